The van der Waals surface area contributed by atoms with Crippen LogP contribution >= 0.6 is 0 Å². The van der Waals surface area contributed by atoms with Gasteiger partial charge in [0.1, 0.15) is 19.3 Å². The molecule has 0 saturated heterocycles. The van der Waals surface area contributed by atoms with E-state index >= 15 is 0 Å². The quantitative estimate of drug-likeness (QED) is 0.785. The van der Waals surface area contributed by atoms with E-state index in [9.17, 15) is 4.79 Å². The van der Waals surface area contributed by atoms with Crippen LogP contribution in [0.3, 0.4) is 0 Å². The molecule has 0 aliphatic carbocycles. The van der Waals surface area contributed by atoms with Gasteiger partial charge in [-0.25, -0.2) is 9.78 Å². The maximum atomic E-state index is 12.3. The zero-order valence-corrected chi connectivity index (χ0v) is 17.2. The number of pyridine rings is 1. The van der Waals surface area contributed by atoms with Crippen molar-refractivity contribution in [3.05, 3.63) is 24.7 Å². The second-order valence-electron chi connectivity index (χ2n) is 7.83. The number of aromatic nitrogens is 3. The first kappa shape index (κ1) is 20.8. The van der Waals surface area contributed by atoms with E-state index in [2.05, 4.69) is 17.0 Å². The van der Waals surface area contributed by atoms with Crippen LogP contribution in [0, 0.1) is 0 Å². The van der Waals surface area contributed by atoms with Gasteiger partial charge in [0, 0.05) is 36.6 Å². The van der Waals surface area contributed by atoms with Crippen molar-refractivity contribution in [2.24, 2.45) is 0 Å². The van der Waals surface area contributed by atoms with Gasteiger partial charge in [0.2, 0.25) is 0 Å². The van der Waals surface area contributed by atoms with Crippen LogP contribution in [0.4, 0.5) is 10.6 Å². The highest BCUT2D eigenvalue weighted by Crippen LogP contribution is 2.20. The second-order valence-corrected chi connectivity index (χ2v) is 7.83. The molecule has 2 heterocycles. The maximum absolute atomic E-state index is 12.3. The van der Waals surface area contributed by atoms with Crippen LogP contribution in [0.5, 0.6) is 0 Å². The topological polar surface area (TPSA) is 86.3 Å². The van der Waals surface area contributed by atoms with Gasteiger partial charge in [0.15, 0.2) is 0 Å². The van der Waals surface area contributed by atoms with Gasteiger partial charge in [-0.2, -0.15) is 5.10 Å². The predicted octanol–water partition coefficient (Wildman–Crippen LogP) is 1.99. The zero-order valence-electron chi connectivity index (χ0n) is 17.2. The molecule has 1 unspecified atom stereocenters. The summed E-state index contributed by atoms with van der Waals surface area (Å²) in [5.41, 5.74) is 8.24. The molecule has 27 heavy (non-hydrogen) atoms. The van der Waals surface area contributed by atoms with Crippen LogP contribution in [-0.4, -0.2) is 52.3 Å². The number of carbonyl (C=O) groups excluding carboxylic acids is 1. The molecule has 8 heteroatoms. The molecule has 2 aromatic rings. The minimum Gasteiger partial charge on any atom is -0.444 e. The summed E-state index contributed by atoms with van der Waals surface area (Å²) in [5.74, 6) is 0.543. The van der Waals surface area contributed by atoms with E-state index in [1.165, 1.54) is 0 Å². The summed E-state index contributed by atoms with van der Waals surface area (Å²) < 4.78 is 7.38. The molecule has 2 N–H and O–H groups in total. The van der Waals surface area contributed by atoms with E-state index in [1.54, 1.807) is 11.1 Å². The van der Waals surface area contributed by atoms with E-state index in [0.717, 1.165) is 23.0 Å². The molecule has 0 aliphatic rings. The van der Waals surface area contributed by atoms with Gasteiger partial charge in [0.25, 0.3) is 0 Å². The number of ether oxygens (including phenoxy) is 1. The van der Waals surface area contributed by atoms with E-state index in [0.29, 0.717) is 18.9 Å². The standard InChI is InChI=1S/C19H30BN5O2/c1-6-24(18(26)27-19(3,4)5)8-7-13(2)25-12-15(11-23-25)14-9-16(20)17(21)22-10-14/h9-13H,6-8,20H2,1-5H3,(H2,21,22). The van der Waals surface area contributed by atoms with Crippen LogP contribution in [0.2, 0.25) is 0 Å². The fourth-order valence-corrected chi connectivity index (χ4v) is 2.65. The molecule has 0 aromatic carbocycles. The number of hydrogen-bond acceptors (Lipinski definition) is 5. The van der Waals surface area contributed by atoms with E-state index in [4.69, 9.17) is 10.5 Å². The van der Waals surface area contributed by atoms with E-state index in [1.807, 2.05) is 58.7 Å². The lowest BCUT2D eigenvalue weighted by atomic mass is 9.94. The van der Waals surface area contributed by atoms with Gasteiger partial charge < -0.3 is 15.4 Å². The number of rotatable bonds is 6. The van der Waals surface area contributed by atoms with Crippen molar-refractivity contribution >= 4 is 25.2 Å². The Morgan fingerprint density at radius 2 is 2.07 bits per heavy atom. The van der Waals surface area contributed by atoms with Crippen molar-refractivity contribution in [3.8, 4) is 11.1 Å². The minimum absolute atomic E-state index is 0.151. The molecule has 2 rings (SSSR count). The first-order valence-electron chi connectivity index (χ1n) is 9.35. The van der Waals surface area contributed by atoms with Crippen molar-refractivity contribution in [3.63, 3.8) is 0 Å². The number of carbonyl (C=O) groups is 1. The van der Waals surface area contributed by atoms with Gasteiger partial charge in [-0.15, -0.1) is 0 Å². The number of nitrogen functional groups attached to an aromatic ring is 1. The number of nitrogens with zero attached hydrogens (tertiary/aromatic N) is 4. The highest BCUT2D eigenvalue weighted by atomic mass is 16.6. The van der Waals surface area contributed by atoms with Gasteiger partial charge in [-0.1, -0.05) is 6.07 Å². The molecule has 0 bridgehead atoms. The maximum Gasteiger partial charge on any atom is 0.410 e. The number of amides is 1. The van der Waals surface area contributed by atoms with Crippen molar-refractivity contribution in [2.75, 3.05) is 18.8 Å². The second kappa shape index (κ2) is 8.46. The Hall–Kier alpha value is -2.51. The molecular formula is C19H30BN5O2. The van der Waals surface area contributed by atoms with Crippen LogP contribution < -0.4 is 11.2 Å². The summed E-state index contributed by atoms with van der Waals surface area (Å²) in [4.78, 5) is 18.2. The first-order chi connectivity index (χ1) is 12.6. The lowest BCUT2D eigenvalue weighted by Gasteiger charge is -2.27. The highest BCUT2D eigenvalue weighted by Gasteiger charge is 2.21. The summed E-state index contributed by atoms with van der Waals surface area (Å²) >= 11 is 0. The van der Waals surface area contributed by atoms with Crippen LogP contribution in [0.15, 0.2) is 24.7 Å². The van der Waals surface area contributed by atoms with Crippen molar-refractivity contribution in [1.82, 2.24) is 19.7 Å². The van der Waals surface area contributed by atoms with Gasteiger partial charge in [-0.3, -0.25) is 4.68 Å². The first-order valence-corrected chi connectivity index (χ1v) is 9.35. The Balaban J connectivity index is 1.99. The molecule has 7 nitrogen and oxygen atoms in total. The monoisotopic (exact) mass is 371 g/mol. The fourth-order valence-electron chi connectivity index (χ4n) is 2.65. The smallest absolute Gasteiger partial charge is 0.410 e. The van der Waals surface area contributed by atoms with Gasteiger partial charge >= 0.3 is 6.09 Å². The Labute approximate surface area is 162 Å². The highest BCUT2D eigenvalue weighted by molar-refractivity contribution is 6.35. The zero-order chi connectivity index (χ0) is 20.2. The third-order valence-electron chi connectivity index (χ3n) is 4.36. The SMILES string of the molecule is Bc1cc(-c2cnn(C(C)CCN(CC)C(=O)OC(C)(C)C)c2)cnc1N. The summed E-state index contributed by atoms with van der Waals surface area (Å²) in [7, 11) is 1.94. The summed E-state index contributed by atoms with van der Waals surface area (Å²) in [6, 6.07) is 2.16. The molecule has 146 valence electrons. The summed E-state index contributed by atoms with van der Waals surface area (Å²) in [6.45, 7) is 10.9. The Bertz CT molecular complexity index is 785. The third-order valence-corrected chi connectivity index (χ3v) is 4.36. The lowest BCUT2D eigenvalue weighted by Crippen LogP contribution is -2.37. The molecule has 0 radical (unpaired) electrons. The van der Waals surface area contributed by atoms with Gasteiger partial charge in [-0.05, 0) is 46.5 Å². The number of hydrogen-bond donors (Lipinski definition) is 1. The summed E-state index contributed by atoms with van der Waals surface area (Å²) in [5, 5.41) is 4.48. The Morgan fingerprint density at radius 3 is 2.67 bits per heavy atom. The molecule has 1 atom stereocenters. The Morgan fingerprint density at radius 1 is 1.37 bits per heavy atom. The number of nitrogens with two attached hydrogens (primary N) is 1. The van der Waals surface area contributed by atoms with Crippen LogP contribution in [-0.2, 0) is 4.74 Å². The average Bonchev–Trinajstić information content (AvgIpc) is 3.06. The van der Waals surface area contributed by atoms with Crippen molar-refractivity contribution in [2.45, 2.75) is 52.7 Å². The number of anilines is 1. The van der Waals surface area contributed by atoms with Crippen molar-refractivity contribution in [1.29, 1.82) is 0 Å². The lowest BCUT2D eigenvalue weighted by molar-refractivity contribution is 0.0252. The minimum atomic E-state index is -0.488. The third kappa shape index (κ3) is 5.74. The Kier molecular flexibility index (Phi) is 6.52. The average molecular weight is 371 g/mol. The van der Waals surface area contributed by atoms with Crippen LogP contribution in [0.25, 0.3) is 11.1 Å². The largest absolute Gasteiger partial charge is 0.444 e. The molecule has 0 fully saturated rings. The predicted molar refractivity (Wildman–Crippen MR) is 111 cm³/mol. The van der Waals surface area contributed by atoms with Gasteiger partial charge in [0.05, 0.1) is 12.2 Å². The molecule has 0 aliphatic heterocycles. The normalized spacial score (nSPS) is 12.6. The molecule has 0 spiro atoms. The van der Waals surface area contributed by atoms with E-state index in [-0.39, 0.29) is 12.1 Å². The fraction of sp³-hybridized carbons (Fsp3) is 0.526. The van der Waals surface area contributed by atoms with E-state index < -0.39 is 5.60 Å². The molecule has 1 amide bonds. The van der Waals surface area contributed by atoms with Crippen molar-refractivity contribution < 1.29 is 9.53 Å². The molecule has 2 aromatic heterocycles. The molecule has 0 saturated carbocycles. The van der Waals surface area contributed by atoms with Crippen LogP contribution in [0.1, 0.15) is 47.1 Å². The molecular weight excluding hydrogens is 341 g/mol. The summed E-state index contributed by atoms with van der Waals surface area (Å²) in [6.07, 6.45) is 6.10.